The third-order valence-corrected chi connectivity index (χ3v) is 6.48. The highest BCUT2D eigenvalue weighted by molar-refractivity contribution is 7.20. The number of carbonyl (C=O) groups excluding carboxylic acids is 1. The van der Waals surface area contributed by atoms with Crippen molar-refractivity contribution in [2.24, 2.45) is 0 Å². The van der Waals surface area contributed by atoms with Crippen LogP contribution in [0.1, 0.15) is 35.4 Å². The van der Waals surface area contributed by atoms with Crippen LogP contribution in [0.4, 0.5) is 15.9 Å². The Kier molecular flexibility index (Phi) is 9.27. The molecule has 0 aliphatic heterocycles. The first-order valence-electron chi connectivity index (χ1n) is 12.0. The Labute approximate surface area is 235 Å². The van der Waals surface area contributed by atoms with Gasteiger partial charge in [0.05, 0.1) is 20.1 Å². The average Bonchev–Trinajstić information content (AvgIpc) is 3.31. The number of fused-ring (bicyclic) bond motifs is 1. The van der Waals surface area contributed by atoms with Crippen molar-refractivity contribution in [1.29, 1.82) is 0 Å². The summed E-state index contributed by atoms with van der Waals surface area (Å²) in [5.74, 6) is 7.49. The molecule has 1 N–H and O–H groups in total. The Morgan fingerprint density at radius 2 is 1.82 bits per heavy atom. The first kappa shape index (κ1) is 27.8. The zero-order valence-corrected chi connectivity index (χ0v) is 23.2. The maximum absolute atomic E-state index is 13.4. The van der Waals surface area contributed by atoms with Gasteiger partial charge in [-0.15, -0.1) is 11.3 Å². The molecule has 0 unspecified atom stereocenters. The van der Waals surface area contributed by atoms with Gasteiger partial charge in [0, 0.05) is 11.3 Å². The van der Waals surface area contributed by atoms with Crippen molar-refractivity contribution in [3.63, 3.8) is 0 Å². The molecule has 5 rings (SSSR count). The monoisotopic (exact) mass is 557 g/mol. The second kappa shape index (κ2) is 13.0. The molecule has 0 aliphatic rings. The molecule has 2 heterocycles. The number of hydrogen-bond donors (Lipinski definition) is 1. The maximum Gasteiger partial charge on any atom is 0.151 e. The maximum atomic E-state index is 13.4. The molecule has 8 heteroatoms. The summed E-state index contributed by atoms with van der Waals surface area (Å²) in [6.07, 6.45) is 1.52. The zero-order chi connectivity index (χ0) is 27.8. The van der Waals surface area contributed by atoms with Crippen LogP contribution >= 0.6 is 22.9 Å². The van der Waals surface area contributed by atoms with E-state index >= 15 is 0 Å². The molecule has 3 aromatic carbocycles. The van der Waals surface area contributed by atoms with Crippen LogP contribution < -0.4 is 10.1 Å². The van der Waals surface area contributed by atoms with E-state index < -0.39 is 0 Å². The molecular weight excluding hydrogens is 533 g/mol. The van der Waals surface area contributed by atoms with Crippen LogP contribution in [0, 0.1) is 24.6 Å². The average molecular weight is 558 g/mol. The number of anilines is 2. The molecule has 0 spiro atoms. The number of halogens is 2. The van der Waals surface area contributed by atoms with E-state index in [1.807, 2.05) is 37.3 Å². The summed E-state index contributed by atoms with van der Waals surface area (Å²) >= 11 is 7.97. The van der Waals surface area contributed by atoms with Crippen molar-refractivity contribution in [1.82, 2.24) is 9.97 Å². The standard InChI is InChI=1S/C28H19ClFN3OS.C3H6O/c1-18-4-2-5-19(12-18)8-10-23-15-25-27(35-23)28(32-17-31-25)33-22-9-11-26(24(29)14-22)34-16-20-6-3-7-21(30)13-20;1-3(2)4/h2-7,9,11-15,17H,16H2,1H3,(H,31,32,33);1-2H3. The lowest BCUT2D eigenvalue weighted by molar-refractivity contribution is -0.114. The molecule has 0 radical (unpaired) electrons. The van der Waals surface area contributed by atoms with Crippen LogP contribution in [-0.4, -0.2) is 15.8 Å². The molecule has 0 atom stereocenters. The number of hydrogen-bond acceptors (Lipinski definition) is 6. The Bertz CT molecular complexity index is 1690. The summed E-state index contributed by atoms with van der Waals surface area (Å²) in [7, 11) is 0. The van der Waals surface area contributed by atoms with Crippen LogP contribution in [0.15, 0.2) is 79.1 Å². The summed E-state index contributed by atoms with van der Waals surface area (Å²) in [6.45, 7) is 5.33. The number of Topliss-reactive ketones (excluding diaryl/α,β-unsaturated/α-hetero) is 1. The lowest BCUT2D eigenvalue weighted by Gasteiger charge is -2.11. The van der Waals surface area contributed by atoms with Crippen LogP contribution in [-0.2, 0) is 11.4 Å². The van der Waals surface area contributed by atoms with Crippen LogP contribution in [0.3, 0.4) is 0 Å². The van der Waals surface area contributed by atoms with E-state index in [1.54, 1.807) is 24.3 Å². The smallest absolute Gasteiger partial charge is 0.151 e. The zero-order valence-electron chi connectivity index (χ0n) is 21.6. The van der Waals surface area contributed by atoms with E-state index in [0.29, 0.717) is 16.6 Å². The summed E-state index contributed by atoms with van der Waals surface area (Å²) in [6, 6.07) is 21.7. The van der Waals surface area contributed by atoms with Crippen molar-refractivity contribution >= 4 is 50.4 Å². The number of nitrogens with zero attached hydrogens (tertiary/aromatic N) is 2. The Hall–Kier alpha value is -4.25. The highest BCUT2D eigenvalue weighted by Crippen LogP contribution is 2.33. The quantitative estimate of drug-likeness (QED) is 0.221. The second-order valence-electron chi connectivity index (χ2n) is 8.76. The van der Waals surface area contributed by atoms with E-state index in [2.05, 4.69) is 33.2 Å². The number of nitrogens with one attached hydrogen (secondary N) is 1. The minimum atomic E-state index is -0.300. The summed E-state index contributed by atoms with van der Waals surface area (Å²) in [4.78, 5) is 19.1. The largest absolute Gasteiger partial charge is 0.487 e. The fourth-order valence-corrected chi connectivity index (χ4v) is 4.63. The fraction of sp³-hybridized carbons (Fsp3) is 0.129. The summed E-state index contributed by atoms with van der Waals surface area (Å²) < 4.78 is 20.0. The Morgan fingerprint density at radius 1 is 1.03 bits per heavy atom. The van der Waals surface area contributed by atoms with Gasteiger partial charge in [0.1, 0.15) is 30.3 Å². The molecule has 5 aromatic rings. The number of aromatic nitrogens is 2. The van der Waals surface area contributed by atoms with Gasteiger partial charge < -0.3 is 14.8 Å². The van der Waals surface area contributed by atoms with Gasteiger partial charge >= 0.3 is 0 Å². The minimum Gasteiger partial charge on any atom is -0.487 e. The van der Waals surface area contributed by atoms with Gasteiger partial charge in [-0.1, -0.05) is 47.7 Å². The van der Waals surface area contributed by atoms with Gasteiger partial charge in [0.2, 0.25) is 0 Å². The molecule has 0 aliphatic carbocycles. The molecule has 0 saturated heterocycles. The van der Waals surface area contributed by atoms with Crippen LogP contribution in [0.2, 0.25) is 5.02 Å². The first-order chi connectivity index (χ1) is 18.8. The van der Waals surface area contributed by atoms with Gasteiger partial charge in [-0.2, -0.15) is 0 Å². The van der Waals surface area contributed by atoms with Crippen molar-refractivity contribution in [3.05, 3.63) is 112 Å². The van der Waals surface area contributed by atoms with Crippen molar-refractivity contribution in [3.8, 4) is 17.6 Å². The molecule has 5 nitrogen and oxygen atoms in total. The minimum absolute atomic E-state index is 0.167. The Morgan fingerprint density at radius 3 is 2.56 bits per heavy atom. The first-order valence-corrected chi connectivity index (χ1v) is 13.2. The lowest BCUT2D eigenvalue weighted by atomic mass is 10.1. The van der Waals surface area contributed by atoms with Gasteiger partial charge in [-0.05, 0) is 80.4 Å². The van der Waals surface area contributed by atoms with E-state index in [9.17, 15) is 9.18 Å². The highest BCUT2D eigenvalue weighted by Gasteiger charge is 2.10. The number of ketones is 1. The van der Waals surface area contributed by atoms with Gasteiger partial charge in [-0.25, -0.2) is 14.4 Å². The predicted octanol–water partition coefficient (Wildman–Crippen LogP) is 8.11. The third kappa shape index (κ3) is 8.11. The SMILES string of the molecule is CC(C)=O.Cc1cccc(C#Cc2cc3ncnc(Nc4ccc(OCc5cccc(F)c5)c(Cl)c4)c3s2)c1. The van der Waals surface area contributed by atoms with E-state index in [0.717, 1.165) is 31.9 Å². The molecule has 39 heavy (non-hydrogen) atoms. The molecule has 196 valence electrons. The molecule has 0 bridgehead atoms. The fourth-order valence-electron chi connectivity index (χ4n) is 3.48. The number of aryl methyl sites for hydroxylation is 1. The van der Waals surface area contributed by atoms with Crippen molar-refractivity contribution < 1.29 is 13.9 Å². The van der Waals surface area contributed by atoms with Gasteiger partial charge in [-0.3, -0.25) is 0 Å². The van der Waals surface area contributed by atoms with Gasteiger partial charge in [0.25, 0.3) is 0 Å². The van der Waals surface area contributed by atoms with Crippen LogP contribution in [0.25, 0.3) is 10.2 Å². The second-order valence-corrected chi connectivity index (χ2v) is 10.2. The van der Waals surface area contributed by atoms with Crippen molar-refractivity contribution in [2.75, 3.05) is 5.32 Å². The number of carbonyl (C=O) groups is 1. The molecule has 0 saturated carbocycles. The topological polar surface area (TPSA) is 64.1 Å². The lowest BCUT2D eigenvalue weighted by Crippen LogP contribution is -1.98. The number of thiophene rings is 1. The number of benzene rings is 3. The molecule has 0 fully saturated rings. The van der Waals surface area contributed by atoms with Gasteiger partial charge in [0.15, 0.2) is 5.82 Å². The normalized spacial score (nSPS) is 10.2. The summed E-state index contributed by atoms with van der Waals surface area (Å²) in [5, 5.41) is 3.75. The molecule has 2 aromatic heterocycles. The third-order valence-electron chi connectivity index (χ3n) is 5.14. The van der Waals surface area contributed by atoms with Crippen molar-refractivity contribution in [2.45, 2.75) is 27.4 Å². The molecular formula is C31H25ClFN3O2S. The number of rotatable bonds is 5. The van der Waals surface area contributed by atoms with E-state index in [4.69, 9.17) is 16.3 Å². The van der Waals surface area contributed by atoms with Crippen LogP contribution in [0.5, 0.6) is 5.75 Å². The summed E-state index contributed by atoms with van der Waals surface area (Å²) in [5.41, 5.74) is 4.46. The van der Waals surface area contributed by atoms with E-state index in [-0.39, 0.29) is 18.2 Å². The van der Waals surface area contributed by atoms with E-state index in [1.165, 1.54) is 49.2 Å². The molecule has 0 amide bonds. The number of ether oxygens (including phenoxy) is 1. The predicted molar refractivity (Wildman–Crippen MR) is 156 cm³/mol. The Balaban J connectivity index is 0.000000826. The highest BCUT2D eigenvalue weighted by atomic mass is 35.5.